The standard InChI is InChI=1S/C11H14F3N5/c12-11(13,14)7-2-1-5-19(6-7)10-8(9(15)16)3-4-17-18-10/h3-4,7H,1-2,5-6H2,(H3,15,16). The van der Waals surface area contributed by atoms with Gasteiger partial charge >= 0.3 is 6.18 Å². The minimum Gasteiger partial charge on any atom is -0.384 e. The highest BCUT2D eigenvalue weighted by Gasteiger charge is 2.42. The van der Waals surface area contributed by atoms with E-state index in [1.807, 2.05) is 0 Å². The number of alkyl halides is 3. The van der Waals surface area contributed by atoms with Crippen molar-refractivity contribution in [1.29, 1.82) is 5.41 Å². The average molecular weight is 273 g/mol. The van der Waals surface area contributed by atoms with Crippen LogP contribution in [0.2, 0.25) is 0 Å². The van der Waals surface area contributed by atoms with E-state index in [4.69, 9.17) is 11.1 Å². The van der Waals surface area contributed by atoms with Gasteiger partial charge in [-0.1, -0.05) is 0 Å². The second-order valence-corrected chi connectivity index (χ2v) is 4.51. The molecule has 1 saturated heterocycles. The molecule has 8 heteroatoms. The lowest BCUT2D eigenvalue weighted by Crippen LogP contribution is -2.43. The van der Waals surface area contributed by atoms with Crippen LogP contribution in [0.15, 0.2) is 12.3 Å². The minimum atomic E-state index is -4.21. The van der Waals surface area contributed by atoms with Crippen molar-refractivity contribution in [3.63, 3.8) is 0 Å². The molecule has 2 heterocycles. The van der Waals surface area contributed by atoms with Crippen molar-refractivity contribution in [2.75, 3.05) is 18.0 Å². The van der Waals surface area contributed by atoms with Gasteiger partial charge in [0.15, 0.2) is 5.82 Å². The molecule has 1 fully saturated rings. The van der Waals surface area contributed by atoms with Crippen molar-refractivity contribution in [3.8, 4) is 0 Å². The number of hydrogen-bond donors (Lipinski definition) is 2. The summed E-state index contributed by atoms with van der Waals surface area (Å²) < 4.78 is 38.3. The minimum absolute atomic E-state index is 0.121. The maximum Gasteiger partial charge on any atom is 0.393 e. The van der Waals surface area contributed by atoms with Crippen LogP contribution in [0, 0.1) is 11.3 Å². The molecule has 1 aliphatic heterocycles. The average Bonchev–Trinajstić information content (AvgIpc) is 2.38. The number of hydrogen-bond acceptors (Lipinski definition) is 4. The number of nitrogens with two attached hydrogens (primary N) is 1. The van der Waals surface area contributed by atoms with Crippen LogP contribution < -0.4 is 10.6 Å². The molecule has 1 atom stereocenters. The molecule has 0 aromatic carbocycles. The molecule has 3 N–H and O–H groups in total. The van der Waals surface area contributed by atoms with Crippen molar-refractivity contribution in [1.82, 2.24) is 10.2 Å². The monoisotopic (exact) mass is 273 g/mol. The molecule has 0 aliphatic carbocycles. The highest BCUT2D eigenvalue weighted by Crippen LogP contribution is 2.34. The number of nitrogens with zero attached hydrogens (tertiary/aromatic N) is 3. The summed E-state index contributed by atoms with van der Waals surface area (Å²) in [4.78, 5) is 1.51. The van der Waals surface area contributed by atoms with E-state index in [2.05, 4.69) is 10.2 Å². The summed E-state index contributed by atoms with van der Waals surface area (Å²) in [5.74, 6) is -1.34. The van der Waals surface area contributed by atoms with Crippen LogP contribution in [0.25, 0.3) is 0 Å². The van der Waals surface area contributed by atoms with Gasteiger partial charge in [0.1, 0.15) is 5.84 Å². The molecule has 5 nitrogen and oxygen atoms in total. The molecular formula is C11H14F3N5. The fourth-order valence-electron chi connectivity index (χ4n) is 2.20. The molecule has 104 valence electrons. The van der Waals surface area contributed by atoms with Gasteiger partial charge in [-0.25, -0.2) is 0 Å². The summed E-state index contributed by atoms with van der Waals surface area (Å²) in [5.41, 5.74) is 5.73. The van der Waals surface area contributed by atoms with Gasteiger partial charge in [-0.3, -0.25) is 5.41 Å². The fourth-order valence-corrected chi connectivity index (χ4v) is 2.20. The third kappa shape index (κ3) is 2.94. The van der Waals surface area contributed by atoms with Gasteiger partial charge in [0.2, 0.25) is 0 Å². The summed E-state index contributed by atoms with van der Waals surface area (Å²) in [7, 11) is 0. The van der Waals surface area contributed by atoms with E-state index in [1.165, 1.54) is 17.2 Å². The summed E-state index contributed by atoms with van der Waals surface area (Å²) in [5, 5.41) is 14.9. The topological polar surface area (TPSA) is 78.9 Å². The Bertz CT molecular complexity index is 474. The van der Waals surface area contributed by atoms with Crippen molar-refractivity contribution in [2.24, 2.45) is 11.7 Å². The van der Waals surface area contributed by atoms with Crippen LogP contribution in [-0.4, -0.2) is 35.3 Å². The van der Waals surface area contributed by atoms with Crippen LogP contribution in [-0.2, 0) is 0 Å². The Morgan fingerprint density at radius 2 is 2.21 bits per heavy atom. The normalized spacial score (nSPS) is 20.4. The van der Waals surface area contributed by atoms with Gasteiger partial charge < -0.3 is 10.6 Å². The molecule has 19 heavy (non-hydrogen) atoms. The zero-order valence-corrected chi connectivity index (χ0v) is 10.1. The van der Waals surface area contributed by atoms with Crippen molar-refractivity contribution >= 4 is 11.7 Å². The predicted octanol–water partition coefficient (Wildman–Crippen LogP) is 1.54. The maximum absolute atomic E-state index is 12.8. The van der Waals surface area contributed by atoms with Crippen LogP contribution >= 0.6 is 0 Å². The van der Waals surface area contributed by atoms with E-state index in [0.717, 1.165) is 0 Å². The Morgan fingerprint density at radius 1 is 1.47 bits per heavy atom. The third-order valence-electron chi connectivity index (χ3n) is 3.18. The summed E-state index contributed by atoms with van der Waals surface area (Å²) in [6, 6.07) is 1.49. The molecule has 2 rings (SSSR count). The summed E-state index contributed by atoms with van der Waals surface area (Å²) >= 11 is 0. The van der Waals surface area contributed by atoms with Crippen molar-refractivity contribution in [2.45, 2.75) is 19.0 Å². The Balaban J connectivity index is 2.25. The van der Waals surface area contributed by atoms with Gasteiger partial charge in [-0.15, -0.1) is 5.10 Å². The molecule has 0 amide bonds. The zero-order valence-electron chi connectivity index (χ0n) is 10.1. The number of amidine groups is 1. The molecule has 1 aromatic heterocycles. The lowest BCUT2D eigenvalue weighted by molar-refractivity contribution is -0.176. The number of rotatable bonds is 2. The Labute approximate surface area is 108 Å². The van der Waals surface area contributed by atoms with E-state index in [-0.39, 0.29) is 24.6 Å². The highest BCUT2D eigenvalue weighted by molar-refractivity contribution is 5.99. The first-order valence-electron chi connectivity index (χ1n) is 5.87. The third-order valence-corrected chi connectivity index (χ3v) is 3.18. The van der Waals surface area contributed by atoms with Gasteiger partial charge in [-0.05, 0) is 18.9 Å². The first-order chi connectivity index (χ1) is 8.89. The van der Waals surface area contributed by atoms with Crippen LogP contribution in [0.3, 0.4) is 0 Å². The molecule has 1 aliphatic rings. The second kappa shape index (κ2) is 5.02. The molecule has 0 radical (unpaired) electrons. The van der Waals surface area contributed by atoms with E-state index in [0.29, 0.717) is 18.5 Å². The van der Waals surface area contributed by atoms with Crippen molar-refractivity contribution < 1.29 is 13.2 Å². The van der Waals surface area contributed by atoms with E-state index < -0.39 is 12.1 Å². The largest absolute Gasteiger partial charge is 0.393 e. The zero-order chi connectivity index (χ0) is 14.0. The van der Waals surface area contributed by atoms with Gasteiger partial charge in [0.25, 0.3) is 0 Å². The Kier molecular flexibility index (Phi) is 3.59. The molecule has 0 spiro atoms. The number of nitrogen functional groups attached to an aromatic ring is 1. The van der Waals surface area contributed by atoms with Gasteiger partial charge in [0.05, 0.1) is 17.7 Å². The summed E-state index contributed by atoms with van der Waals surface area (Å²) in [6.07, 6.45) is -2.30. The quantitative estimate of drug-likeness (QED) is 0.633. The Hall–Kier alpha value is -1.86. The lowest BCUT2D eigenvalue weighted by Gasteiger charge is -2.34. The first-order valence-corrected chi connectivity index (χ1v) is 5.87. The van der Waals surface area contributed by atoms with Crippen LogP contribution in [0.4, 0.5) is 19.0 Å². The second-order valence-electron chi connectivity index (χ2n) is 4.51. The predicted molar refractivity (Wildman–Crippen MR) is 64.0 cm³/mol. The van der Waals surface area contributed by atoms with E-state index in [1.54, 1.807) is 0 Å². The van der Waals surface area contributed by atoms with E-state index in [9.17, 15) is 13.2 Å². The molecule has 1 aromatic rings. The number of halogens is 3. The number of anilines is 1. The van der Waals surface area contributed by atoms with Gasteiger partial charge in [-0.2, -0.15) is 18.3 Å². The van der Waals surface area contributed by atoms with E-state index >= 15 is 0 Å². The lowest BCUT2D eigenvalue weighted by atomic mass is 9.97. The van der Waals surface area contributed by atoms with Crippen molar-refractivity contribution in [3.05, 3.63) is 17.8 Å². The number of piperidine rings is 1. The fraction of sp³-hybridized carbons (Fsp3) is 0.545. The highest BCUT2D eigenvalue weighted by atomic mass is 19.4. The molecule has 0 bridgehead atoms. The van der Waals surface area contributed by atoms with Gasteiger partial charge in [0, 0.05) is 13.1 Å². The number of aromatic nitrogens is 2. The smallest absolute Gasteiger partial charge is 0.384 e. The maximum atomic E-state index is 12.8. The van der Waals surface area contributed by atoms with Crippen LogP contribution in [0.1, 0.15) is 18.4 Å². The van der Waals surface area contributed by atoms with Crippen LogP contribution in [0.5, 0.6) is 0 Å². The molecule has 1 unspecified atom stereocenters. The SMILES string of the molecule is N=C(N)c1ccnnc1N1CCCC(C(F)(F)F)C1. The molecular weight excluding hydrogens is 259 g/mol. The Morgan fingerprint density at radius 3 is 2.84 bits per heavy atom. The first kappa shape index (κ1) is 13.6. The summed E-state index contributed by atoms with van der Waals surface area (Å²) in [6.45, 7) is 0.300. The molecule has 0 saturated carbocycles. The number of nitrogens with one attached hydrogen (secondary N) is 1.